The number of anilines is 2. The molecule has 8 nitrogen and oxygen atoms in total. The van der Waals surface area contributed by atoms with E-state index in [9.17, 15) is 14.4 Å². The summed E-state index contributed by atoms with van der Waals surface area (Å²) in [5.74, 6) is -0.561. The minimum absolute atomic E-state index is 0.120. The summed E-state index contributed by atoms with van der Waals surface area (Å²) in [5.41, 5.74) is 7.65. The molecule has 0 bridgehead atoms. The number of aryl methyl sites for hydroxylation is 1. The molecule has 0 unspecified atom stereocenters. The van der Waals surface area contributed by atoms with Gasteiger partial charge in [0.15, 0.2) is 6.61 Å². The highest BCUT2D eigenvalue weighted by Gasteiger charge is 2.27. The molecule has 2 N–H and O–H groups in total. The zero-order chi connectivity index (χ0) is 20.2. The molecular formula is C21H22N4O4. The van der Waals surface area contributed by atoms with Crippen LogP contribution in [0.3, 0.4) is 0 Å². The molecule has 29 heavy (non-hydrogen) atoms. The van der Waals surface area contributed by atoms with Gasteiger partial charge in [0.2, 0.25) is 0 Å². The Bertz CT molecular complexity index is 946. The minimum atomic E-state index is -0.484. The molecule has 2 aromatic rings. The zero-order valence-corrected chi connectivity index (χ0v) is 15.9. The first-order valence-electron chi connectivity index (χ1n) is 9.54. The number of benzene rings is 2. The third-order valence-electron chi connectivity index (χ3n) is 4.99. The molecule has 0 atom stereocenters. The Morgan fingerprint density at radius 3 is 2.45 bits per heavy atom. The van der Waals surface area contributed by atoms with Crippen LogP contribution >= 0.6 is 0 Å². The van der Waals surface area contributed by atoms with Crippen molar-refractivity contribution < 1.29 is 19.1 Å². The Morgan fingerprint density at radius 2 is 1.62 bits per heavy atom. The number of rotatable bonds is 4. The van der Waals surface area contributed by atoms with Crippen molar-refractivity contribution >= 4 is 29.1 Å². The van der Waals surface area contributed by atoms with Gasteiger partial charge in [-0.25, -0.2) is 0 Å². The van der Waals surface area contributed by atoms with Crippen LogP contribution in [0.2, 0.25) is 0 Å². The van der Waals surface area contributed by atoms with Gasteiger partial charge in [0.25, 0.3) is 17.7 Å². The molecule has 2 aromatic carbocycles. The van der Waals surface area contributed by atoms with E-state index in [0.29, 0.717) is 11.4 Å². The molecule has 2 heterocycles. The fourth-order valence-electron chi connectivity index (χ4n) is 3.64. The lowest BCUT2D eigenvalue weighted by molar-refractivity contribution is -0.128. The Hall–Kier alpha value is -3.55. The number of nitrogens with zero attached hydrogens (tertiary/aromatic N) is 2. The molecule has 0 spiro atoms. The first-order chi connectivity index (χ1) is 14.1. The van der Waals surface area contributed by atoms with Crippen LogP contribution in [0.4, 0.5) is 11.4 Å². The summed E-state index contributed by atoms with van der Waals surface area (Å²) in [5, 5.41) is 0. The number of hydrogen-bond donors (Lipinski definition) is 2. The fraction of sp³-hybridized carbons (Fsp3) is 0.286. The third-order valence-corrected chi connectivity index (χ3v) is 4.99. The SMILES string of the molecule is O=C(CN1CCCc2ccccc21)NNC(=O)CN1C(=O)COc2ccccc21. The van der Waals surface area contributed by atoms with E-state index in [2.05, 4.69) is 16.9 Å². The van der Waals surface area contributed by atoms with E-state index in [0.717, 1.165) is 25.1 Å². The average Bonchev–Trinajstić information content (AvgIpc) is 2.75. The lowest BCUT2D eigenvalue weighted by Crippen LogP contribution is -2.51. The zero-order valence-electron chi connectivity index (χ0n) is 15.9. The Kier molecular flexibility index (Phi) is 5.33. The molecular weight excluding hydrogens is 372 g/mol. The second kappa shape index (κ2) is 8.22. The molecule has 0 saturated carbocycles. The third kappa shape index (κ3) is 4.16. The number of hydrazine groups is 1. The van der Waals surface area contributed by atoms with Crippen molar-refractivity contribution in [2.45, 2.75) is 12.8 Å². The van der Waals surface area contributed by atoms with Gasteiger partial charge in [0.05, 0.1) is 12.2 Å². The van der Waals surface area contributed by atoms with Crippen LogP contribution in [-0.4, -0.2) is 44.0 Å². The molecule has 0 fully saturated rings. The monoisotopic (exact) mass is 394 g/mol. The molecule has 3 amide bonds. The largest absolute Gasteiger partial charge is 0.482 e. The summed E-state index contributed by atoms with van der Waals surface area (Å²) < 4.78 is 5.36. The highest BCUT2D eigenvalue weighted by Crippen LogP contribution is 2.31. The van der Waals surface area contributed by atoms with E-state index >= 15 is 0 Å². The predicted octanol–water partition coefficient (Wildman–Crippen LogP) is 1.01. The highest BCUT2D eigenvalue weighted by molar-refractivity contribution is 6.02. The van der Waals surface area contributed by atoms with E-state index in [1.165, 1.54) is 10.5 Å². The van der Waals surface area contributed by atoms with Crippen LogP contribution in [0.15, 0.2) is 48.5 Å². The topological polar surface area (TPSA) is 91.0 Å². The van der Waals surface area contributed by atoms with Gasteiger partial charge in [0, 0.05) is 12.2 Å². The van der Waals surface area contributed by atoms with Gasteiger partial charge < -0.3 is 9.64 Å². The number of carbonyl (C=O) groups excluding carboxylic acids is 3. The molecule has 4 rings (SSSR count). The first kappa shape index (κ1) is 18.8. The Morgan fingerprint density at radius 1 is 0.931 bits per heavy atom. The molecule has 150 valence electrons. The molecule has 2 aliphatic heterocycles. The van der Waals surface area contributed by atoms with Crippen LogP contribution in [0.5, 0.6) is 5.75 Å². The summed E-state index contributed by atoms with van der Waals surface area (Å²) in [6, 6.07) is 15.0. The van der Waals surface area contributed by atoms with Crippen molar-refractivity contribution in [3.63, 3.8) is 0 Å². The summed E-state index contributed by atoms with van der Waals surface area (Å²) >= 11 is 0. The lowest BCUT2D eigenvalue weighted by Gasteiger charge is -2.31. The maximum absolute atomic E-state index is 12.3. The number of ether oxygens (including phenoxy) is 1. The van der Waals surface area contributed by atoms with Gasteiger partial charge in [-0.15, -0.1) is 0 Å². The van der Waals surface area contributed by atoms with Gasteiger partial charge >= 0.3 is 0 Å². The van der Waals surface area contributed by atoms with Gasteiger partial charge in [-0.05, 0) is 36.6 Å². The summed E-state index contributed by atoms with van der Waals surface area (Å²) in [7, 11) is 0. The predicted molar refractivity (Wildman–Crippen MR) is 108 cm³/mol. The van der Waals surface area contributed by atoms with Gasteiger partial charge in [0.1, 0.15) is 12.3 Å². The summed E-state index contributed by atoms with van der Waals surface area (Å²) in [4.78, 5) is 40.1. The van der Waals surface area contributed by atoms with E-state index in [1.807, 2.05) is 23.1 Å². The van der Waals surface area contributed by atoms with Gasteiger partial charge in [-0.2, -0.15) is 0 Å². The van der Waals surface area contributed by atoms with E-state index in [-0.39, 0.29) is 31.5 Å². The first-order valence-corrected chi connectivity index (χ1v) is 9.54. The number of nitrogens with one attached hydrogen (secondary N) is 2. The van der Waals surface area contributed by atoms with E-state index in [1.54, 1.807) is 24.3 Å². The van der Waals surface area contributed by atoms with Crippen LogP contribution in [0.1, 0.15) is 12.0 Å². The van der Waals surface area contributed by atoms with Crippen molar-refractivity contribution in [2.24, 2.45) is 0 Å². The Balaban J connectivity index is 1.31. The number of amides is 3. The van der Waals surface area contributed by atoms with E-state index in [4.69, 9.17) is 4.74 Å². The second-order valence-electron chi connectivity index (χ2n) is 6.99. The molecule has 2 aliphatic rings. The Labute approximate surface area is 168 Å². The van der Waals surface area contributed by atoms with E-state index < -0.39 is 5.91 Å². The van der Waals surface area contributed by atoms with Gasteiger partial charge in [-0.1, -0.05) is 30.3 Å². The second-order valence-corrected chi connectivity index (χ2v) is 6.99. The molecule has 8 heteroatoms. The normalized spacial score (nSPS) is 15.1. The fourth-order valence-corrected chi connectivity index (χ4v) is 3.64. The lowest BCUT2D eigenvalue weighted by atomic mass is 10.0. The average molecular weight is 394 g/mol. The molecule has 0 aliphatic carbocycles. The quantitative estimate of drug-likeness (QED) is 0.756. The molecule has 0 aromatic heterocycles. The summed E-state index contributed by atoms with van der Waals surface area (Å²) in [6.07, 6.45) is 1.98. The van der Waals surface area contributed by atoms with Crippen LogP contribution in [0, 0.1) is 0 Å². The van der Waals surface area contributed by atoms with Crippen molar-refractivity contribution in [1.82, 2.24) is 10.9 Å². The van der Waals surface area contributed by atoms with Crippen LogP contribution < -0.4 is 25.4 Å². The van der Waals surface area contributed by atoms with Crippen LogP contribution in [-0.2, 0) is 20.8 Å². The maximum atomic E-state index is 12.3. The van der Waals surface area contributed by atoms with Gasteiger partial charge in [-0.3, -0.25) is 30.1 Å². The number of para-hydroxylation sites is 3. The molecule has 0 saturated heterocycles. The minimum Gasteiger partial charge on any atom is -0.482 e. The van der Waals surface area contributed by atoms with Crippen LogP contribution in [0.25, 0.3) is 0 Å². The molecule has 0 radical (unpaired) electrons. The number of hydrogen-bond acceptors (Lipinski definition) is 5. The van der Waals surface area contributed by atoms with Crippen molar-refractivity contribution in [3.05, 3.63) is 54.1 Å². The van der Waals surface area contributed by atoms with Crippen molar-refractivity contribution in [2.75, 3.05) is 36.0 Å². The number of fused-ring (bicyclic) bond motifs is 2. The standard InChI is InChI=1S/C21H22N4O4/c26-19(12-24-11-5-7-15-6-1-2-8-16(15)24)22-23-20(27)13-25-17-9-3-4-10-18(17)29-14-21(25)28/h1-4,6,8-10H,5,7,11-14H2,(H,22,26)(H,23,27). The smallest absolute Gasteiger partial charge is 0.265 e. The summed E-state index contributed by atoms with van der Waals surface area (Å²) in [6.45, 7) is 0.616. The van der Waals surface area contributed by atoms with Crippen molar-refractivity contribution in [1.29, 1.82) is 0 Å². The maximum Gasteiger partial charge on any atom is 0.265 e. The van der Waals surface area contributed by atoms with Crippen molar-refractivity contribution in [3.8, 4) is 5.75 Å². The number of carbonyl (C=O) groups is 3. The highest BCUT2D eigenvalue weighted by atomic mass is 16.5.